The fraction of sp³-hybridized carbons (Fsp3) is 0.500. The Balaban J connectivity index is 1.55. The number of ether oxygens (including phenoxy) is 2. The Morgan fingerprint density at radius 3 is 2.81 bits per heavy atom. The summed E-state index contributed by atoms with van der Waals surface area (Å²) in [5.41, 5.74) is 3.54. The van der Waals surface area contributed by atoms with Crippen molar-refractivity contribution < 1.29 is 23.5 Å². The molecule has 0 aliphatic carbocycles. The number of quaternary nitrogens is 1. The molecule has 4 rings (SSSR count). The Bertz CT molecular complexity index is 945. The lowest BCUT2D eigenvalue weighted by atomic mass is 9.97. The van der Waals surface area contributed by atoms with Crippen molar-refractivity contribution in [3.05, 3.63) is 36.4 Å². The Hall–Kier alpha value is -3.21. The van der Waals surface area contributed by atoms with Crippen molar-refractivity contribution in [2.24, 2.45) is 5.92 Å². The molecule has 1 aromatic heterocycles. The van der Waals surface area contributed by atoms with Crippen LogP contribution >= 0.6 is 0 Å². The molecule has 11 heteroatoms. The number of nitrogens with zero attached hydrogens (tertiary/aromatic N) is 5. The third-order valence-corrected chi connectivity index (χ3v) is 5.94. The van der Waals surface area contributed by atoms with Crippen LogP contribution in [0.3, 0.4) is 0 Å². The van der Waals surface area contributed by atoms with Crippen LogP contribution in [0.25, 0.3) is 0 Å². The van der Waals surface area contributed by atoms with Crippen molar-refractivity contribution >= 4 is 23.6 Å². The third-order valence-electron chi connectivity index (χ3n) is 5.94. The minimum absolute atomic E-state index is 0.0253. The summed E-state index contributed by atoms with van der Waals surface area (Å²) in [4.78, 5) is 25.7. The number of rotatable bonds is 5. The van der Waals surface area contributed by atoms with E-state index in [0.29, 0.717) is 36.9 Å². The number of anilines is 1. The topological polar surface area (TPSA) is 98.6 Å². The second-order valence-electron chi connectivity index (χ2n) is 8.08. The maximum absolute atomic E-state index is 15.3. The zero-order chi connectivity index (χ0) is 22.0. The number of piperidine rings is 1. The standard InChI is InChI=1S/C20H25FN6O4/c1-14-5-9-27(10-6-14,23-19(28)30-2)18-4-3-15(11-17(18)21)26-13-16(31-20(26)29)12-25-8-7-22-24-25/h3-4,7-8,11,14,16H,5-6,9-10,12-13H2,1-2H3/p+1. The van der Waals surface area contributed by atoms with Gasteiger partial charge in [0.15, 0.2) is 11.5 Å². The lowest BCUT2D eigenvalue weighted by molar-refractivity contribution is 0.0998. The summed E-state index contributed by atoms with van der Waals surface area (Å²) >= 11 is 0. The summed E-state index contributed by atoms with van der Waals surface area (Å²) in [5.74, 6) is -0.00898. The first kappa shape index (κ1) is 21.0. The van der Waals surface area contributed by atoms with Crippen molar-refractivity contribution in [3.8, 4) is 0 Å². The number of carbonyl (C=O) groups excluding carboxylic acids is 2. The average Bonchev–Trinajstić information content (AvgIpc) is 3.39. The Labute approximate surface area is 179 Å². The predicted octanol–water partition coefficient (Wildman–Crippen LogP) is 2.45. The number of hydrogen-bond acceptors (Lipinski definition) is 6. The highest BCUT2D eigenvalue weighted by atomic mass is 19.1. The first-order valence-electron chi connectivity index (χ1n) is 10.3. The van der Waals surface area contributed by atoms with Gasteiger partial charge in [0.25, 0.3) is 0 Å². The summed E-state index contributed by atoms with van der Waals surface area (Å²) in [6.45, 7) is 3.89. The fourth-order valence-corrected chi connectivity index (χ4v) is 4.15. The smallest absolute Gasteiger partial charge is 0.450 e. The molecule has 0 radical (unpaired) electrons. The van der Waals surface area contributed by atoms with Crippen LogP contribution in [0.15, 0.2) is 30.6 Å². The van der Waals surface area contributed by atoms with Crippen LogP contribution in [-0.4, -0.2) is 60.0 Å². The van der Waals surface area contributed by atoms with E-state index in [-0.39, 0.29) is 11.1 Å². The third kappa shape index (κ3) is 4.31. The van der Waals surface area contributed by atoms with Gasteiger partial charge >= 0.3 is 12.2 Å². The molecule has 0 bridgehead atoms. The van der Waals surface area contributed by atoms with E-state index in [9.17, 15) is 9.59 Å². The zero-order valence-corrected chi connectivity index (χ0v) is 17.5. The SMILES string of the molecule is COC(=O)N[N+]1(c2ccc(N3CC(Cn4ccnn4)OC3=O)cc2F)CCC(C)CC1. The predicted molar refractivity (Wildman–Crippen MR) is 110 cm³/mol. The molecule has 1 N–H and O–H groups in total. The number of carbonyl (C=O) groups is 2. The molecule has 1 atom stereocenters. The maximum atomic E-state index is 15.3. The number of nitrogens with one attached hydrogen (secondary N) is 1. The molecule has 2 amide bonds. The summed E-state index contributed by atoms with van der Waals surface area (Å²) < 4.78 is 27.0. The van der Waals surface area contributed by atoms with Crippen molar-refractivity contribution in [3.63, 3.8) is 0 Å². The number of methoxy groups -OCH3 is 1. The van der Waals surface area contributed by atoms with Crippen molar-refractivity contribution in [2.75, 3.05) is 31.6 Å². The average molecular weight is 433 g/mol. The molecule has 1 aromatic carbocycles. The van der Waals surface area contributed by atoms with Crippen LogP contribution in [0, 0.1) is 11.7 Å². The first-order chi connectivity index (χ1) is 14.9. The second kappa shape index (κ2) is 8.50. The van der Waals surface area contributed by atoms with E-state index in [2.05, 4.69) is 22.7 Å². The lowest BCUT2D eigenvalue weighted by Gasteiger charge is -2.41. The van der Waals surface area contributed by atoms with E-state index in [1.54, 1.807) is 29.2 Å². The molecule has 2 aliphatic heterocycles. The summed E-state index contributed by atoms with van der Waals surface area (Å²) in [7, 11) is 1.28. The minimum Gasteiger partial charge on any atom is -0.450 e. The van der Waals surface area contributed by atoms with Crippen LogP contribution in [-0.2, 0) is 16.0 Å². The minimum atomic E-state index is -0.614. The van der Waals surface area contributed by atoms with Gasteiger partial charge in [0.05, 0.1) is 32.1 Å². The molecular formula is C20H26FN6O4+. The van der Waals surface area contributed by atoms with Crippen LogP contribution in [0.4, 0.5) is 25.4 Å². The molecular weight excluding hydrogens is 407 g/mol. The van der Waals surface area contributed by atoms with E-state index in [1.807, 2.05) is 0 Å². The highest BCUT2D eigenvalue weighted by Crippen LogP contribution is 2.34. The van der Waals surface area contributed by atoms with Crippen LogP contribution < -0.4 is 14.9 Å². The fourth-order valence-electron chi connectivity index (χ4n) is 4.15. The van der Waals surface area contributed by atoms with Gasteiger partial charge < -0.3 is 9.47 Å². The first-order valence-corrected chi connectivity index (χ1v) is 10.3. The van der Waals surface area contributed by atoms with Gasteiger partial charge in [-0.2, -0.15) is 10.0 Å². The van der Waals surface area contributed by atoms with Crippen LogP contribution in [0.1, 0.15) is 19.8 Å². The monoisotopic (exact) mass is 433 g/mol. The molecule has 2 aromatic rings. The van der Waals surface area contributed by atoms with Crippen molar-refractivity contribution in [1.82, 2.24) is 25.0 Å². The number of aromatic nitrogens is 3. The van der Waals surface area contributed by atoms with Crippen molar-refractivity contribution in [1.29, 1.82) is 0 Å². The van der Waals surface area contributed by atoms with Gasteiger partial charge in [-0.15, -0.1) is 5.10 Å². The Morgan fingerprint density at radius 2 is 2.16 bits per heavy atom. The molecule has 10 nitrogen and oxygen atoms in total. The van der Waals surface area contributed by atoms with E-state index in [4.69, 9.17) is 9.47 Å². The maximum Gasteiger partial charge on any atom is 0.452 e. The van der Waals surface area contributed by atoms with Crippen LogP contribution in [0.2, 0.25) is 0 Å². The zero-order valence-electron chi connectivity index (χ0n) is 17.5. The number of halogens is 1. The number of hydrogen-bond donors (Lipinski definition) is 1. The number of benzene rings is 1. The van der Waals surface area contributed by atoms with Gasteiger partial charge in [0.2, 0.25) is 0 Å². The van der Waals surface area contributed by atoms with Gasteiger partial charge in [0, 0.05) is 31.2 Å². The van der Waals surface area contributed by atoms with Gasteiger partial charge in [-0.1, -0.05) is 12.1 Å². The second-order valence-corrected chi connectivity index (χ2v) is 8.08. The molecule has 0 spiro atoms. The van der Waals surface area contributed by atoms with Gasteiger partial charge in [-0.3, -0.25) is 4.90 Å². The van der Waals surface area contributed by atoms with E-state index < -0.39 is 24.1 Å². The molecule has 2 aliphatic rings. The summed E-state index contributed by atoms with van der Waals surface area (Å²) in [6, 6.07) is 4.61. The van der Waals surface area contributed by atoms with Crippen molar-refractivity contribution in [2.45, 2.75) is 32.4 Å². The molecule has 166 valence electrons. The van der Waals surface area contributed by atoms with Gasteiger partial charge in [-0.25, -0.2) is 18.7 Å². The molecule has 0 saturated carbocycles. The lowest BCUT2D eigenvalue weighted by Crippen LogP contribution is -2.65. The van der Waals surface area contributed by atoms with Gasteiger partial charge in [-0.05, 0) is 12.0 Å². The molecule has 1 unspecified atom stereocenters. The van der Waals surface area contributed by atoms with Crippen LogP contribution in [0.5, 0.6) is 0 Å². The molecule has 31 heavy (non-hydrogen) atoms. The molecule has 2 saturated heterocycles. The highest BCUT2D eigenvalue weighted by Gasteiger charge is 2.41. The van der Waals surface area contributed by atoms with E-state index in [0.717, 1.165) is 12.8 Å². The number of cyclic esters (lactones) is 1. The number of amides is 2. The van der Waals surface area contributed by atoms with E-state index >= 15 is 4.39 Å². The Kier molecular flexibility index (Phi) is 5.77. The summed E-state index contributed by atoms with van der Waals surface area (Å²) in [5, 5.41) is 7.61. The molecule has 3 heterocycles. The Morgan fingerprint density at radius 1 is 1.39 bits per heavy atom. The highest BCUT2D eigenvalue weighted by molar-refractivity contribution is 5.90. The van der Waals surface area contributed by atoms with E-state index in [1.165, 1.54) is 18.1 Å². The van der Waals surface area contributed by atoms with Gasteiger partial charge in [0.1, 0.15) is 19.2 Å². The quantitative estimate of drug-likeness (QED) is 0.728. The molecule has 2 fully saturated rings. The normalized spacial score (nSPS) is 25.9. The summed E-state index contributed by atoms with van der Waals surface area (Å²) in [6.07, 6.45) is 3.34. The largest absolute Gasteiger partial charge is 0.452 e.